The second kappa shape index (κ2) is 11.6. The van der Waals surface area contributed by atoms with E-state index in [-0.39, 0.29) is 0 Å². The Balaban J connectivity index is 1.71. The zero-order valence-electron chi connectivity index (χ0n) is 16.9. The van der Waals surface area contributed by atoms with E-state index in [9.17, 15) is 0 Å². The van der Waals surface area contributed by atoms with Crippen molar-refractivity contribution >= 4 is 5.96 Å². The first-order chi connectivity index (χ1) is 13.1. The van der Waals surface area contributed by atoms with Gasteiger partial charge in [-0.25, -0.2) is 0 Å². The molecule has 2 rings (SSSR count). The van der Waals surface area contributed by atoms with E-state index >= 15 is 0 Å². The Bertz CT molecular complexity index is 596. The fourth-order valence-electron chi connectivity index (χ4n) is 3.32. The van der Waals surface area contributed by atoms with E-state index in [1.165, 1.54) is 0 Å². The molecule has 2 unspecified atom stereocenters. The molecule has 150 valence electrons. The summed E-state index contributed by atoms with van der Waals surface area (Å²) < 4.78 is 11.5. The number of morpholine rings is 1. The minimum absolute atomic E-state index is 0.319. The van der Waals surface area contributed by atoms with E-state index in [0.717, 1.165) is 49.9 Å². The van der Waals surface area contributed by atoms with Crippen LogP contribution in [0.2, 0.25) is 0 Å². The molecule has 0 aliphatic carbocycles. The Morgan fingerprint density at radius 1 is 1.30 bits per heavy atom. The molecule has 0 saturated carbocycles. The Morgan fingerprint density at radius 3 is 2.74 bits per heavy atom. The first-order valence-electron chi connectivity index (χ1n) is 9.76. The molecule has 0 aromatic heterocycles. The lowest BCUT2D eigenvalue weighted by molar-refractivity contribution is -0.0679. The lowest BCUT2D eigenvalue weighted by atomic mass is 10.2. The number of nitrogens with one attached hydrogen (secondary N) is 2. The van der Waals surface area contributed by atoms with Gasteiger partial charge in [0.25, 0.3) is 0 Å². The molecule has 1 fully saturated rings. The first kappa shape index (κ1) is 21.3. The summed E-state index contributed by atoms with van der Waals surface area (Å²) in [5.74, 6) is 1.67. The molecule has 0 spiro atoms. The van der Waals surface area contributed by atoms with Crippen molar-refractivity contribution in [3.05, 3.63) is 42.5 Å². The second-order valence-corrected chi connectivity index (χ2v) is 6.93. The molecular formula is C21H34N4O2. The van der Waals surface area contributed by atoms with Crippen LogP contribution in [-0.2, 0) is 11.3 Å². The number of benzene rings is 1. The van der Waals surface area contributed by atoms with Crippen LogP contribution in [0.4, 0.5) is 0 Å². The average molecular weight is 375 g/mol. The molecule has 1 aromatic carbocycles. The Kier molecular flexibility index (Phi) is 9.15. The van der Waals surface area contributed by atoms with Crippen LogP contribution >= 0.6 is 0 Å². The third kappa shape index (κ3) is 7.61. The maximum atomic E-state index is 5.78. The van der Waals surface area contributed by atoms with Gasteiger partial charge in [0.2, 0.25) is 0 Å². The summed E-state index contributed by atoms with van der Waals surface area (Å²) in [6.45, 7) is 13.1. The van der Waals surface area contributed by atoms with Gasteiger partial charge in [0.05, 0.1) is 12.2 Å². The molecule has 1 aliphatic rings. The number of para-hydroxylation sites is 1. The third-order valence-corrected chi connectivity index (χ3v) is 4.44. The molecule has 6 nitrogen and oxygen atoms in total. The lowest BCUT2D eigenvalue weighted by Crippen LogP contribution is -2.46. The quantitative estimate of drug-likeness (QED) is 0.301. The van der Waals surface area contributed by atoms with Gasteiger partial charge in [-0.15, -0.1) is 0 Å². The highest BCUT2D eigenvalue weighted by molar-refractivity contribution is 5.79. The van der Waals surface area contributed by atoms with Gasteiger partial charge in [-0.3, -0.25) is 9.89 Å². The first-order valence-corrected chi connectivity index (χ1v) is 9.76. The molecule has 1 heterocycles. The SMILES string of the molecule is C=CCOc1ccccc1CNC(=NC)NCCCN1CC(C)OC(C)C1. The predicted octanol–water partition coefficient (Wildman–Crippen LogP) is 2.42. The summed E-state index contributed by atoms with van der Waals surface area (Å²) in [5.41, 5.74) is 1.10. The maximum Gasteiger partial charge on any atom is 0.191 e. The van der Waals surface area contributed by atoms with E-state index in [4.69, 9.17) is 9.47 Å². The Hall–Kier alpha value is -2.05. The fraction of sp³-hybridized carbons (Fsp3) is 0.571. The Morgan fingerprint density at radius 2 is 2.04 bits per heavy atom. The topological polar surface area (TPSA) is 58.1 Å². The zero-order valence-corrected chi connectivity index (χ0v) is 16.9. The van der Waals surface area contributed by atoms with Crippen molar-refractivity contribution in [2.45, 2.75) is 39.0 Å². The van der Waals surface area contributed by atoms with Gasteiger partial charge in [-0.2, -0.15) is 0 Å². The van der Waals surface area contributed by atoms with Gasteiger partial charge < -0.3 is 20.1 Å². The molecule has 27 heavy (non-hydrogen) atoms. The molecule has 2 atom stereocenters. The van der Waals surface area contributed by atoms with E-state index in [2.05, 4.69) is 47.0 Å². The number of guanidine groups is 1. The molecule has 1 aromatic rings. The van der Waals surface area contributed by atoms with Crippen LogP contribution in [0.1, 0.15) is 25.8 Å². The minimum Gasteiger partial charge on any atom is -0.489 e. The molecule has 0 amide bonds. The normalized spacial score (nSPS) is 20.9. The highest BCUT2D eigenvalue weighted by Gasteiger charge is 2.21. The van der Waals surface area contributed by atoms with Gasteiger partial charge in [-0.1, -0.05) is 30.9 Å². The van der Waals surface area contributed by atoms with Crippen LogP contribution in [0.15, 0.2) is 41.9 Å². The molecule has 6 heteroatoms. The van der Waals surface area contributed by atoms with Gasteiger partial charge in [0.15, 0.2) is 5.96 Å². The number of nitrogens with zero attached hydrogens (tertiary/aromatic N) is 2. The van der Waals surface area contributed by atoms with Crippen molar-refractivity contribution in [1.82, 2.24) is 15.5 Å². The van der Waals surface area contributed by atoms with Crippen LogP contribution in [0.5, 0.6) is 5.75 Å². The fourth-order valence-corrected chi connectivity index (χ4v) is 3.32. The van der Waals surface area contributed by atoms with E-state index in [1.807, 2.05) is 18.2 Å². The average Bonchev–Trinajstić information content (AvgIpc) is 2.65. The highest BCUT2D eigenvalue weighted by Crippen LogP contribution is 2.17. The van der Waals surface area contributed by atoms with Crippen LogP contribution < -0.4 is 15.4 Å². The van der Waals surface area contributed by atoms with Crippen LogP contribution in [0.3, 0.4) is 0 Å². The summed E-state index contributed by atoms with van der Waals surface area (Å²) in [6, 6.07) is 8.02. The number of hydrogen-bond acceptors (Lipinski definition) is 4. The molecule has 2 N–H and O–H groups in total. The van der Waals surface area contributed by atoms with E-state index < -0.39 is 0 Å². The molecule has 1 aliphatic heterocycles. The number of rotatable bonds is 9. The van der Waals surface area contributed by atoms with Crippen LogP contribution in [0.25, 0.3) is 0 Å². The van der Waals surface area contributed by atoms with Gasteiger partial charge >= 0.3 is 0 Å². The standard InChI is InChI=1S/C21H34N4O2/c1-5-13-26-20-10-7-6-9-19(20)14-24-21(22-4)23-11-8-12-25-15-17(2)27-18(3)16-25/h5-7,9-10,17-18H,1,8,11-16H2,2-4H3,(H2,22,23,24). The van der Waals surface area contributed by atoms with Crippen molar-refractivity contribution in [1.29, 1.82) is 0 Å². The molecule has 0 radical (unpaired) electrons. The summed E-state index contributed by atoms with van der Waals surface area (Å²) in [7, 11) is 1.79. The summed E-state index contributed by atoms with van der Waals surface area (Å²) in [5, 5.41) is 6.74. The van der Waals surface area contributed by atoms with Crippen molar-refractivity contribution in [3.8, 4) is 5.75 Å². The van der Waals surface area contributed by atoms with Gasteiger partial charge in [-0.05, 0) is 26.3 Å². The summed E-state index contributed by atoms with van der Waals surface area (Å²) >= 11 is 0. The maximum absolute atomic E-state index is 5.78. The lowest BCUT2D eigenvalue weighted by Gasteiger charge is -2.35. The highest BCUT2D eigenvalue weighted by atomic mass is 16.5. The summed E-state index contributed by atoms with van der Waals surface area (Å²) in [4.78, 5) is 6.78. The molecule has 0 bridgehead atoms. The van der Waals surface area contributed by atoms with Crippen molar-refractivity contribution < 1.29 is 9.47 Å². The number of aliphatic imine (C=N–C) groups is 1. The Labute approximate surface area is 163 Å². The number of hydrogen-bond donors (Lipinski definition) is 2. The smallest absolute Gasteiger partial charge is 0.191 e. The van der Waals surface area contributed by atoms with Crippen molar-refractivity contribution in [2.75, 3.05) is 39.8 Å². The largest absolute Gasteiger partial charge is 0.489 e. The van der Waals surface area contributed by atoms with Gasteiger partial charge in [0, 0.05) is 45.3 Å². The third-order valence-electron chi connectivity index (χ3n) is 4.44. The predicted molar refractivity (Wildman–Crippen MR) is 111 cm³/mol. The second-order valence-electron chi connectivity index (χ2n) is 6.93. The van der Waals surface area contributed by atoms with E-state index in [1.54, 1.807) is 13.1 Å². The van der Waals surface area contributed by atoms with Crippen molar-refractivity contribution in [2.24, 2.45) is 4.99 Å². The van der Waals surface area contributed by atoms with Crippen LogP contribution in [-0.4, -0.2) is 62.9 Å². The monoisotopic (exact) mass is 374 g/mol. The van der Waals surface area contributed by atoms with Gasteiger partial charge in [0.1, 0.15) is 12.4 Å². The summed E-state index contributed by atoms with van der Waals surface area (Å²) in [6.07, 6.45) is 3.46. The number of ether oxygens (including phenoxy) is 2. The van der Waals surface area contributed by atoms with Crippen LogP contribution in [0, 0.1) is 0 Å². The molecule has 1 saturated heterocycles. The molecular weight excluding hydrogens is 340 g/mol. The minimum atomic E-state index is 0.319. The zero-order chi connectivity index (χ0) is 19.5. The van der Waals surface area contributed by atoms with E-state index in [0.29, 0.717) is 25.4 Å². The van der Waals surface area contributed by atoms with Crippen molar-refractivity contribution in [3.63, 3.8) is 0 Å².